The van der Waals surface area contributed by atoms with Crippen molar-refractivity contribution in [3.63, 3.8) is 0 Å². The fraction of sp³-hybridized carbons (Fsp3) is 0.824. The van der Waals surface area contributed by atoms with Crippen molar-refractivity contribution >= 4 is 15.9 Å². The number of nitrogens with zero attached hydrogens (tertiary/aromatic N) is 2. The minimum Gasteiger partial charge on any atom is -0.319 e. The third-order valence-corrected chi connectivity index (χ3v) is 6.34. The van der Waals surface area contributed by atoms with Crippen molar-refractivity contribution in [2.45, 2.75) is 46.5 Å². The van der Waals surface area contributed by atoms with E-state index in [1.165, 1.54) is 29.4 Å². The van der Waals surface area contributed by atoms with Crippen LogP contribution in [0.4, 0.5) is 0 Å². The van der Waals surface area contributed by atoms with Crippen molar-refractivity contribution < 1.29 is 0 Å². The second-order valence-electron chi connectivity index (χ2n) is 7.07. The highest BCUT2D eigenvalue weighted by atomic mass is 79.9. The van der Waals surface area contributed by atoms with E-state index in [-0.39, 0.29) is 0 Å². The van der Waals surface area contributed by atoms with Crippen molar-refractivity contribution in [1.82, 2.24) is 15.1 Å². The van der Waals surface area contributed by atoms with E-state index in [4.69, 9.17) is 0 Å². The summed E-state index contributed by atoms with van der Waals surface area (Å²) in [6, 6.07) is 0. The quantitative estimate of drug-likeness (QED) is 0.866. The van der Waals surface area contributed by atoms with Crippen molar-refractivity contribution in [3.05, 3.63) is 15.9 Å². The first-order chi connectivity index (χ1) is 9.93. The minimum absolute atomic E-state index is 0.768. The molecule has 1 heterocycles. The van der Waals surface area contributed by atoms with E-state index in [0.29, 0.717) is 0 Å². The molecule has 1 saturated carbocycles. The van der Waals surface area contributed by atoms with E-state index >= 15 is 0 Å². The van der Waals surface area contributed by atoms with E-state index in [2.05, 4.69) is 65.9 Å². The van der Waals surface area contributed by atoms with E-state index in [9.17, 15) is 0 Å². The Kier molecular flexibility index (Phi) is 5.89. The molecule has 120 valence electrons. The molecule has 1 aliphatic rings. The minimum atomic E-state index is 0.768. The molecule has 0 aliphatic heterocycles. The molecule has 1 aromatic rings. The van der Waals surface area contributed by atoms with Crippen molar-refractivity contribution in [1.29, 1.82) is 0 Å². The summed E-state index contributed by atoms with van der Waals surface area (Å²) < 4.78 is 3.27. The van der Waals surface area contributed by atoms with Crippen LogP contribution in [0.3, 0.4) is 0 Å². The molecule has 0 saturated heterocycles. The van der Waals surface area contributed by atoms with Gasteiger partial charge in [-0.1, -0.05) is 13.8 Å². The number of aryl methyl sites for hydroxylation is 2. The molecule has 0 spiro atoms. The zero-order valence-corrected chi connectivity index (χ0v) is 15.7. The monoisotopic (exact) mass is 355 g/mol. The van der Waals surface area contributed by atoms with E-state index < -0.39 is 0 Å². The molecule has 0 aromatic carbocycles. The second kappa shape index (κ2) is 7.28. The van der Waals surface area contributed by atoms with Gasteiger partial charge >= 0.3 is 0 Å². The fourth-order valence-electron chi connectivity index (χ4n) is 3.90. The molecule has 3 nitrogen and oxygen atoms in total. The Balaban J connectivity index is 2.15. The molecule has 1 aromatic heterocycles. The van der Waals surface area contributed by atoms with Gasteiger partial charge in [0, 0.05) is 7.05 Å². The lowest BCUT2D eigenvalue weighted by atomic mass is 9.69. The lowest BCUT2D eigenvalue weighted by molar-refractivity contribution is 0.144. The highest BCUT2D eigenvalue weighted by Crippen LogP contribution is 2.39. The molecule has 1 aliphatic carbocycles. The number of halogens is 1. The van der Waals surface area contributed by atoms with Crippen molar-refractivity contribution in [3.8, 4) is 0 Å². The molecule has 3 atom stereocenters. The van der Waals surface area contributed by atoms with Gasteiger partial charge in [0.05, 0.1) is 15.9 Å². The smallest absolute Gasteiger partial charge is 0.0738 e. The Labute approximate surface area is 138 Å². The molecule has 0 radical (unpaired) electrons. The number of aromatic nitrogens is 2. The average Bonchev–Trinajstić information content (AvgIpc) is 2.67. The molecule has 2 rings (SSSR count). The van der Waals surface area contributed by atoms with Crippen LogP contribution in [0, 0.1) is 30.6 Å². The van der Waals surface area contributed by atoms with Crippen LogP contribution >= 0.6 is 15.9 Å². The Morgan fingerprint density at radius 2 is 2.05 bits per heavy atom. The number of hydrogen-bond acceptors (Lipinski definition) is 2. The zero-order chi connectivity index (χ0) is 15.6. The predicted molar refractivity (Wildman–Crippen MR) is 92.4 cm³/mol. The summed E-state index contributed by atoms with van der Waals surface area (Å²) in [6.07, 6.45) is 5.27. The summed E-state index contributed by atoms with van der Waals surface area (Å²) in [4.78, 5) is 0. The van der Waals surface area contributed by atoms with Gasteiger partial charge in [-0.15, -0.1) is 0 Å². The van der Waals surface area contributed by atoms with E-state index in [0.717, 1.165) is 42.3 Å². The third-order valence-electron chi connectivity index (χ3n) is 5.31. The normalized spacial score (nSPS) is 26.5. The summed E-state index contributed by atoms with van der Waals surface area (Å²) in [5.74, 6) is 3.26. The topological polar surface area (TPSA) is 29.9 Å². The maximum Gasteiger partial charge on any atom is 0.0738 e. The van der Waals surface area contributed by atoms with Gasteiger partial charge in [0.15, 0.2) is 0 Å². The van der Waals surface area contributed by atoms with Crippen LogP contribution in [0.25, 0.3) is 0 Å². The van der Waals surface area contributed by atoms with Crippen molar-refractivity contribution in [2.75, 3.05) is 13.6 Å². The van der Waals surface area contributed by atoms with Gasteiger partial charge < -0.3 is 5.32 Å². The van der Waals surface area contributed by atoms with Gasteiger partial charge in [-0.25, -0.2) is 0 Å². The number of nitrogens with one attached hydrogen (secondary N) is 1. The first-order valence-corrected chi connectivity index (χ1v) is 9.05. The Morgan fingerprint density at radius 1 is 1.33 bits per heavy atom. The van der Waals surface area contributed by atoms with Gasteiger partial charge in [0.2, 0.25) is 0 Å². The Bertz CT molecular complexity index is 467. The SMILES string of the molecule is CNCC1CCC(C(C)C)CC1Cc1c(Br)c(C)nn1C. The van der Waals surface area contributed by atoms with Crippen molar-refractivity contribution in [2.24, 2.45) is 30.7 Å². The molecule has 3 unspecified atom stereocenters. The van der Waals surface area contributed by atoms with Gasteiger partial charge in [-0.3, -0.25) is 4.68 Å². The summed E-state index contributed by atoms with van der Waals surface area (Å²) in [6.45, 7) is 7.98. The largest absolute Gasteiger partial charge is 0.319 e. The molecular weight excluding hydrogens is 326 g/mol. The number of hydrogen-bond donors (Lipinski definition) is 1. The lowest BCUT2D eigenvalue weighted by Crippen LogP contribution is -2.34. The number of rotatable bonds is 5. The van der Waals surface area contributed by atoms with Crippen LogP contribution < -0.4 is 5.32 Å². The maximum atomic E-state index is 4.56. The van der Waals surface area contributed by atoms with Crippen LogP contribution in [0.15, 0.2) is 4.47 Å². The molecule has 0 bridgehead atoms. The summed E-state index contributed by atoms with van der Waals surface area (Å²) >= 11 is 3.73. The van der Waals surface area contributed by atoms with Crippen LogP contribution in [0.2, 0.25) is 0 Å². The average molecular weight is 356 g/mol. The van der Waals surface area contributed by atoms with E-state index in [1.807, 2.05) is 0 Å². The fourth-order valence-corrected chi connectivity index (χ4v) is 4.40. The Hall–Kier alpha value is -0.350. The van der Waals surface area contributed by atoms with Crippen LogP contribution in [0.1, 0.15) is 44.5 Å². The molecule has 0 amide bonds. The molecule has 1 fully saturated rings. The first-order valence-electron chi connectivity index (χ1n) is 8.26. The highest BCUT2D eigenvalue weighted by molar-refractivity contribution is 9.10. The predicted octanol–water partition coefficient (Wildman–Crippen LogP) is 3.94. The summed E-state index contributed by atoms with van der Waals surface area (Å²) in [5.41, 5.74) is 2.47. The highest BCUT2D eigenvalue weighted by Gasteiger charge is 2.32. The van der Waals surface area contributed by atoms with Crippen LogP contribution in [-0.2, 0) is 13.5 Å². The Morgan fingerprint density at radius 3 is 2.57 bits per heavy atom. The van der Waals surface area contributed by atoms with Crippen LogP contribution in [0.5, 0.6) is 0 Å². The molecular formula is C17H30BrN3. The van der Waals surface area contributed by atoms with Gasteiger partial charge in [-0.05, 0) is 85.8 Å². The summed E-state index contributed by atoms with van der Waals surface area (Å²) in [7, 11) is 4.15. The molecule has 1 N–H and O–H groups in total. The first kappa shape index (κ1) is 17.0. The third kappa shape index (κ3) is 3.89. The second-order valence-corrected chi connectivity index (χ2v) is 7.86. The van der Waals surface area contributed by atoms with Gasteiger partial charge in [-0.2, -0.15) is 5.10 Å². The lowest BCUT2D eigenvalue weighted by Gasteiger charge is -2.38. The molecule has 21 heavy (non-hydrogen) atoms. The van der Waals surface area contributed by atoms with Gasteiger partial charge in [0.25, 0.3) is 0 Å². The summed E-state index contributed by atoms with van der Waals surface area (Å²) in [5, 5.41) is 7.95. The van der Waals surface area contributed by atoms with Gasteiger partial charge in [0.1, 0.15) is 0 Å². The van der Waals surface area contributed by atoms with Crippen LogP contribution in [-0.4, -0.2) is 23.4 Å². The standard InChI is InChI=1S/C17H30BrN3/c1-11(2)13-6-7-14(10-19-4)15(8-13)9-16-17(18)12(3)20-21(16)5/h11,13-15,19H,6-10H2,1-5H3. The molecule has 4 heteroatoms. The zero-order valence-electron chi connectivity index (χ0n) is 14.1. The maximum absolute atomic E-state index is 4.56. The van der Waals surface area contributed by atoms with E-state index in [1.54, 1.807) is 0 Å².